The van der Waals surface area contributed by atoms with Crippen LogP contribution in [0.3, 0.4) is 0 Å². The van der Waals surface area contributed by atoms with Crippen molar-refractivity contribution in [3.8, 4) is 33.4 Å². The Morgan fingerprint density at radius 2 is 0.493 bits per heavy atom. The fraction of sp³-hybridized carbons (Fsp3) is 0.178. The summed E-state index contributed by atoms with van der Waals surface area (Å²) in [5, 5.41) is 15.6. The number of rotatable bonds is 12. The molecule has 0 saturated heterocycles. The highest BCUT2D eigenvalue weighted by Gasteiger charge is 2.06. The van der Waals surface area contributed by atoms with E-state index in [2.05, 4.69) is 257 Å². The summed E-state index contributed by atoms with van der Waals surface area (Å²) in [5.74, 6) is 0. The number of aryl methyl sites for hydroxylation is 3. The van der Waals surface area contributed by atoms with Crippen molar-refractivity contribution >= 4 is 64.6 Å². The van der Waals surface area contributed by atoms with Gasteiger partial charge in [-0.25, -0.2) is 0 Å². The van der Waals surface area contributed by atoms with E-state index in [9.17, 15) is 0 Å². The van der Waals surface area contributed by atoms with Gasteiger partial charge in [-0.2, -0.15) is 0 Å². The van der Waals surface area contributed by atoms with Gasteiger partial charge in [-0.05, 0) is 185 Å². The average Bonchev–Trinajstić information content (AvgIpc) is 3.42. The van der Waals surface area contributed by atoms with Gasteiger partial charge in [-0.3, -0.25) is 0 Å². The lowest BCUT2D eigenvalue weighted by molar-refractivity contribution is 0.575. The Morgan fingerprint density at radius 3 is 0.822 bits per heavy atom. The molecule has 0 amide bonds. The van der Waals surface area contributed by atoms with Crippen LogP contribution < -0.4 is 0 Å². The van der Waals surface area contributed by atoms with Gasteiger partial charge in [0.2, 0.25) is 0 Å². The lowest BCUT2D eigenvalue weighted by atomic mass is 9.97. The molecule has 362 valence electrons. The summed E-state index contributed by atoms with van der Waals surface area (Å²) in [5.41, 5.74) is 11.8. The molecule has 12 aromatic carbocycles. The molecule has 0 aromatic heterocycles. The van der Waals surface area contributed by atoms with Crippen LogP contribution in [-0.4, -0.2) is 0 Å². The Bertz CT molecular complexity index is 3560. The van der Waals surface area contributed by atoms with E-state index in [1.165, 1.54) is 172 Å². The van der Waals surface area contributed by atoms with Crippen molar-refractivity contribution in [2.75, 3.05) is 0 Å². The molecule has 0 heterocycles. The quantitative estimate of drug-likeness (QED) is 0.0846. The molecule has 0 aliphatic heterocycles. The minimum Gasteiger partial charge on any atom is -0.0776 e. The second-order valence-electron chi connectivity index (χ2n) is 19.9. The fourth-order valence-corrected chi connectivity index (χ4v) is 10.2. The Kier molecular flexibility index (Phi) is 16.5. The maximum atomic E-state index is 2.33. The van der Waals surface area contributed by atoms with Crippen molar-refractivity contribution in [2.24, 2.45) is 0 Å². The molecular formula is C73H70. The third-order valence-electron chi connectivity index (χ3n) is 14.5. The van der Waals surface area contributed by atoms with Gasteiger partial charge in [0.25, 0.3) is 0 Å². The summed E-state index contributed by atoms with van der Waals surface area (Å²) >= 11 is 0. The van der Waals surface area contributed by atoms with Gasteiger partial charge in [0.1, 0.15) is 0 Å². The van der Waals surface area contributed by atoms with Crippen molar-refractivity contribution in [3.63, 3.8) is 0 Å². The van der Waals surface area contributed by atoms with Crippen molar-refractivity contribution in [2.45, 2.75) is 86.0 Å². The summed E-state index contributed by atoms with van der Waals surface area (Å²) in [4.78, 5) is 0. The standard InChI is InChI=1S/C30H34.2C21H16.CH4/c1-2-3-4-5-6-7-8-9-12-24-15-17-25(18-16-24)28-19-20-29-21-26-13-10-11-14-27(26)22-30(29)23-28;2*1-15-6-8-16(9-7-15)19-10-11-20-12-17-4-2-3-5-18(17)13-21(20)14-19;/h10-11,13-23H,2-9,12H2,1H3;2*2-14H,1H3;1H4. The first-order valence-corrected chi connectivity index (χ1v) is 26.4. The van der Waals surface area contributed by atoms with E-state index >= 15 is 0 Å². The van der Waals surface area contributed by atoms with Crippen molar-refractivity contribution in [1.29, 1.82) is 0 Å². The van der Waals surface area contributed by atoms with Crippen LogP contribution in [0.15, 0.2) is 237 Å². The molecule has 0 spiro atoms. The highest BCUT2D eigenvalue weighted by atomic mass is 14.1. The molecule has 0 aliphatic carbocycles. The highest BCUT2D eigenvalue weighted by molar-refractivity contribution is 6.02. The summed E-state index contributed by atoms with van der Waals surface area (Å²) in [6.45, 7) is 6.53. The number of benzene rings is 12. The molecule has 0 nitrogen and oxygen atoms in total. The zero-order valence-electron chi connectivity index (χ0n) is 42.4. The Labute approximate surface area is 435 Å². The smallest absolute Gasteiger partial charge is 0.0171 e. The van der Waals surface area contributed by atoms with Gasteiger partial charge in [-0.1, -0.05) is 252 Å². The molecule has 0 fully saturated rings. The molecule has 12 rings (SSSR count). The van der Waals surface area contributed by atoms with Gasteiger partial charge in [0.05, 0.1) is 0 Å². The van der Waals surface area contributed by atoms with Gasteiger partial charge >= 0.3 is 0 Å². The van der Waals surface area contributed by atoms with Crippen LogP contribution >= 0.6 is 0 Å². The van der Waals surface area contributed by atoms with E-state index in [1.54, 1.807) is 0 Å². The third-order valence-corrected chi connectivity index (χ3v) is 14.5. The highest BCUT2D eigenvalue weighted by Crippen LogP contribution is 2.32. The fourth-order valence-electron chi connectivity index (χ4n) is 10.2. The molecular weight excluding hydrogens is 877 g/mol. The molecule has 0 N–H and O–H groups in total. The lowest BCUT2D eigenvalue weighted by Gasteiger charge is -2.08. The number of hydrogen-bond acceptors (Lipinski definition) is 0. The van der Waals surface area contributed by atoms with Crippen LogP contribution in [0.5, 0.6) is 0 Å². The van der Waals surface area contributed by atoms with E-state index in [1.807, 2.05) is 0 Å². The van der Waals surface area contributed by atoms with Gasteiger partial charge in [0, 0.05) is 0 Å². The van der Waals surface area contributed by atoms with Crippen molar-refractivity contribution in [1.82, 2.24) is 0 Å². The van der Waals surface area contributed by atoms with Gasteiger partial charge < -0.3 is 0 Å². The van der Waals surface area contributed by atoms with Crippen LogP contribution in [0.1, 0.15) is 82.4 Å². The van der Waals surface area contributed by atoms with Gasteiger partial charge in [-0.15, -0.1) is 0 Å². The molecule has 0 bridgehead atoms. The predicted octanol–water partition coefficient (Wildman–Crippen LogP) is 21.9. The van der Waals surface area contributed by atoms with Crippen LogP contribution in [0, 0.1) is 13.8 Å². The molecule has 0 radical (unpaired) electrons. The molecule has 0 saturated carbocycles. The SMILES string of the molecule is C.CCCCCCCCCCc1ccc(-c2ccc3cc4ccccc4cc3c2)cc1.Cc1ccc(-c2ccc3cc4ccccc4cc3c2)cc1.Cc1ccc(-c2ccc3cc4ccccc4cc3c2)cc1. The molecule has 0 heteroatoms. The third kappa shape index (κ3) is 12.6. The molecule has 0 atom stereocenters. The van der Waals surface area contributed by atoms with Gasteiger partial charge in [0.15, 0.2) is 0 Å². The molecule has 0 aliphatic rings. The van der Waals surface area contributed by atoms with Crippen molar-refractivity contribution < 1.29 is 0 Å². The first-order valence-electron chi connectivity index (χ1n) is 26.4. The summed E-state index contributed by atoms with van der Waals surface area (Å²) in [6.07, 6.45) is 12.3. The van der Waals surface area contributed by atoms with E-state index in [0.29, 0.717) is 0 Å². The minimum absolute atomic E-state index is 0. The summed E-state index contributed by atoms with van der Waals surface area (Å²) in [6, 6.07) is 86.3. The van der Waals surface area contributed by atoms with Crippen LogP contribution in [0.4, 0.5) is 0 Å². The van der Waals surface area contributed by atoms with E-state index in [-0.39, 0.29) is 7.43 Å². The van der Waals surface area contributed by atoms with Crippen LogP contribution in [-0.2, 0) is 6.42 Å². The van der Waals surface area contributed by atoms with E-state index < -0.39 is 0 Å². The summed E-state index contributed by atoms with van der Waals surface area (Å²) < 4.78 is 0. The monoisotopic (exact) mass is 947 g/mol. The van der Waals surface area contributed by atoms with E-state index in [0.717, 1.165) is 0 Å². The normalized spacial score (nSPS) is 11.1. The zero-order chi connectivity index (χ0) is 49.1. The van der Waals surface area contributed by atoms with Crippen LogP contribution in [0.2, 0.25) is 0 Å². The first-order chi connectivity index (χ1) is 35.4. The first kappa shape index (κ1) is 50.2. The Morgan fingerprint density at radius 1 is 0.233 bits per heavy atom. The lowest BCUT2D eigenvalue weighted by Crippen LogP contribution is -1.87. The summed E-state index contributed by atoms with van der Waals surface area (Å²) in [7, 11) is 0. The van der Waals surface area contributed by atoms with Crippen LogP contribution in [0.25, 0.3) is 98.0 Å². The average molecular weight is 947 g/mol. The molecule has 73 heavy (non-hydrogen) atoms. The number of fused-ring (bicyclic) bond motifs is 6. The maximum Gasteiger partial charge on any atom is -0.0171 e. The maximum absolute atomic E-state index is 2.33. The Hall–Kier alpha value is -7.80. The largest absolute Gasteiger partial charge is 0.0776 e. The molecule has 12 aromatic rings. The molecule has 0 unspecified atom stereocenters. The second kappa shape index (κ2) is 24.1. The number of unbranched alkanes of at least 4 members (excludes halogenated alkanes) is 7. The zero-order valence-corrected chi connectivity index (χ0v) is 42.4. The minimum atomic E-state index is 0. The van der Waals surface area contributed by atoms with Crippen molar-refractivity contribution in [3.05, 3.63) is 253 Å². The number of hydrogen-bond donors (Lipinski definition) is 0. The second-order valence-corrected chi connectivity index (χ2v) is 19.9. The predicted molar refractivity (Wildman–Crippen MR) is 323 cm³/mol. The topological polar surface area (TPSA) is 0 Å². The Balaban J connectivity index is 0.000000137. The van der Waals surface area contributed by atoms with E-state index in [4.69, 9.17) is 0 Å².